The van der Waals surface area contributed by atoms with Crippen LogP contribution in [-0.2, 0) is 9.59 Å². The van der Waals surface area contributed by atoms with Crippen molar-refractivity contribution in [1.82, 2.24) is 9.99 Å². The standard InChI is InChI=1S/C18H18N4O3/c1-12-3-6-14(7-4-12)25-16-9-5-13(11-19-16)20-18(24)15-8-10-17(23)22(2)21-15/h3-7,9,11H,8,10H2,1-2H3,(H,20,24). The van der Waals surface area contributed by atoms with E-state index in [-0.39, 0.29) is 18.2 Å². The van der Waals surface area contributed by atoms with Crippen molar-refractivity contribution in [3.63, 3.8) is 0 Å². The molecule has 1 N–H and O–H groups in total. The monoisotopic (exact) mass is 338 g/mol. The molecule has 7 heteroatoms. The summed E-state index contributed by atoms with van der Waals surface area (Å²) >= 11 is 0. The van der Waals surface area contributed by atoms with Crippen molar-refractivity contribution in [2.45, 2.75) is 19.8 Å². The molecule has 0 atom stereocenters. The van der Waals surface area contributed by atoms with Crippen molar-refractivity contribution < 1.29 is 14.3 Å². The first-order chi connectivity index (χ1) is 12.0. The van der Waals surface area contributed by atoms with Gasteiger partial charge in [-0.05, 0) is 25.1 Å². The molecule has 0 unspecified atom stereocenters. The Hall–Kier alpha value is -3.22. The first-order valence-corrected chi connectivity index (χ1v) is 7.87. The van der Waals surface area contributed by atoms with Gasteiger partial charge in [-0.3, -0.25) is 9.59 Å². The minimum absolute atomic E-state index is 0.101. The van der Waals surface area contributed by atoms with E-state index in [0.717, 1.165) is 5.56 Å². The molecule has 3 rings (SSSR count). The lowest BCUT2D eigenvalue weighted by molar-refractivity contribution is -0.130. The molecule has 1 aromatic carbocycles. The summed E-state index contributed by atoms with van der Waals surface area (Å²) in [4.78, 5) is 27.8. The van der Waals surface area contributed by atoms with Crippen molar-refractivity contribution in [2.24, 2.45) is 5.10 Å². The number of aryl methyl sites for hydroxylation is 1. The first kappa shape index (κ1) is 16.6. The van der Waals surface area contributed by atoms with Crippen LogP contribution >= 0.6 is 0 Å². The van der Waals surface area contributed by atoms with Gasteiger partial charge in [0.1, 0.15) is 11.5 Å². The smallest absolute Gasteiger partial charge is 0.271 e. The van der Waals surface area contributed by atoms with E-state index < -0.39 is 0 Å². The van der Waals surface area contributed by atoms with Gasteiger partial charge < -0.3 is 10.1 Å². The summed E-state index contributed by atoms with van der Waals surface area (Å²) in [6.07, 6.45) is 2.13. The number of aromatic nitrogens is 1. The van der Waals surface area contributed by atoms with E-state index in [1.165, 1.54) is 18.3 Å². The van der Waals surface area contributed by atoms with Crippen molar-refractivity contribution in [3.8, 4) is 11.6 Å². The van der Waals surface area contributed by atoms with Crippen LogP contribution in [0.25, 0.3) is 0 Å². The molecule has 0 radical (unpaired) electrons. The third-order valence-electron chi connectivity index (χ3n) is 3.71. The third-order valence-corrected chi connectivity index (χ3v) is 3.71. The highest BCUT2D eigenvalue weighted by Crippen LogP contribution is 2.21. The molecule has 0 saturated carbocycles. The molecular formula is C18H18N4O3. The minimum atomic E-state index is -0.339. The molecule has 7 nitrogen and oxygen atoms in total. The number of hydrazone groups is 1. The van der Waals surface area contributed by atoms with Crippen LogP contribution in [0.15, 0.2) is 47.7 Å². The molecule has 1 aliphatic heterocycles. The van der Waals surface area contributed by atoms with Gasteiger partial charge in [-0.1, -0.05) is 17.7 Å². The molecule has 1 aromatic heterocycles. The number of carbonyl (C=O) groups is 2. The second kappa shape index (κ2) is 7.12. The topological polar surface area (TPSA) is 83.9 Å². The zero-order valence-corrected chi connectivity index (χ0v) is 14.0. The highest BCUT2D eigenvalue weighted by molar-refractivity contribution is 6.43. The molecule has 0 spiro atoms. The number of carbonyl (C=O) groups excluding carboxylic acids is 2. The highest BCUT2D eigenvalue weighted by atomic mass is 16.5. The van der Waals surface area contributed by atoms with Crippen molar-refractivity contribution in [2.75, 3.05) is 12.4 Å². The van der Waals surface area contributed by atoms with E-state index in [1.54, 1.807) is 12.1 Å². The molecular weight excluding hydrogens is 320 g/mol. The van der Waals surface area contributed by atoms with Crippen molar-refractivity contribution in [1.29, 1.82) is 0 Å². The molecule has 1 aliphatic rings. The Morgan fingerprint density at radius 2 is 1.92 bits per heavy atom. The average Bonchev–Trinajstić information content (AvgIpc) is 2.61. The van der Waals surface area contributed by atoms with E-state index in [1.807, 2.05) is 31.2 Å². The Balaban J connectivity index is 1.62. The van der Waals surface area contributed by atoms with Gasteiger partial charge in [0.15, 0.2) is 0 Å². The van der Waals surface area contributed by atoms with Crippen LogP contribution in [0.2, 0.25) is 0 Å². The molecule has 2 heterocycles. The predicted octanol–water partition coefficient (Wildman–Crippen LogP) is 2.73. The number of ether oxygens (including phenoxy) is 1. The van der Waals surface area contributed by atoms with Gasteiger partial charge >= 0.3 is 0 Å². The van der Waals surface area contributed by atoms with E-state index in [2.05, 4.69) is 15.4 Å². The maximum atomic E-state index is 12.2. The Morgan fingerprint density at radius 3 is 2.56 bits per heavy atom. The van der Waals surface area contributed by atoms with Gasteiger partial charge in [-0.25, -0.2) is 9.99 Å². The maximum absolute atomic E-state index is 12.2. The quantitative estimate of drug-likeness (QED) is 0.929. The second-order valence-corrected chi connectivity index (χ2v) is 5.72. The summed E-state index contributed by atoms with van der Waals surface area (Å²) in [5, 5.41) is 7.89. The molecule has 0 saturated heterocycles. The minimum Gasteiger partial charge on any atom is -0.439 e. The second-order valence-electron chi connectivity index (χ2n) is 5.72. The highest BCUT2D eigenvalue weighted by Gasteiger charge is 2.22. The van der Waals surface area contributed by atoms with Gasteiger partial charge in [-0.2, -0.15) is 5.10 Å². The fraction of sp³-hybridized carbons (Fsp3) is 0.222. The van der Waals surface area contributed by atoms with E-state index in [0.29, 0.717) is 29.4 Å². The number of hydrogen-bond acceptors (Lipinski definition) is 5. The molecule has 128 valence electrons. The summed E-state index contributed by atoms with van der Waals surface area (Å²) in [5.74, 6) is 0.686. The Bertz CT molecular complexity index is 813. The number of pyridine rings is 1. The SMILES string of the molecule is Cc1ccc(Oc2ccc(NC(=O)C3=NN(C)C(=O)CC3)cn2)cc1. The number of rotatable bonds is 4. The molecule has 0 fully saturated rings. The number of nitrogens with zero attached hydrogens (tertiary/aromatic N) is 3. The summed E-state index contributed by atoms with van der Waals surface area (Å²) in [6, 6.07) is 11.0. The van der Waals surface area contributed by atoms with E-state index >= 15 is 0 Å². The zero-order valence-electron chi connectivity index (χ0n) is 14.0. The summed E-state index contributed by atoms with van der Waals surface area (Å²) in [7, 11) is 1.54. The molecule has 25 heavy (non-hydrogen) atoms. The summed E-state index contributed by atoms with van der Waals surface area (Å²) < 4.78 is 5.64. The van der Waals surface area contributed by atoms with E-state index in [4.69, 9.17) is 4.74 Å². The van der Waals surface area contributed by atoms with Crippen LogP contribution in [0.1, 0.15) is 18.4 Å². The van der Waals surface area contributed by atoms with Gasteiger partial charge in [0.25, 0.3) is 5.91 Å². The lowest BCUT2D eigenvalue weighted by atomic mass is 10.1. The Kier molecular flexibility index (Phi) is 4.74. The predicted molar refractivity (Wildman–Crippen MR) is 93.6 cm³/mol. The summed E-state index contributed by atoms with van der Waals surface area (Å²) in [5.41, 5.74) is 2.00. The molecule has 2 amide bonds. The van der Waals surface area contributed by atoms with Gasteiger partial charge in [0.05, 0.1) is 11.9 Å². The maximum Gasteiger partial charge on any atom is 0.271 e. The number of anilines is 1. The Labute approximate surface area is 145 Å². The average molecular weight is 338 g/mol. The van der Waals surface area contributed by atoms with Crippen LogP contribution in [0.3, 0.4) is 0 Å². The molecule has 2 aromatic rings. The van der Waals surface area contributed by atoms with E-state index in [9.17, 15) is 9.59 Å². The fourth-order valence-electron chi connectivity index (χ4n) is 2.28. The number of nitrogens with one attached hydrogen (secondary N) is 1. The first-order valence-electron chi connectivity index (χ1n) is 7.87. The number of benzene rings is 1. The van der Waals surface area contributed by atoms with Gasteiger partial charge in [0, 0.05) is 26.0 Å². The fourth-order valence-corrected chi connectivity index (χ4v) is 2.28. The van der Waals surface area contributed by atoms with Gasteiger partial charge in [-0.15, -0.1) is 0 Å². The molecule has 0 bridgehead atoms. The number of hydrogen-bond donors (Lipinski definition) is 1. The van der Waals surface area contributed by atoms with Crippen LogP contribution in [0, 0.1) is 6.92 Å². The normalized spacial score (nSPS) is 14.1. The molecule has 0 aliphatic carbocycles. The largest absolute Gasteiger partial charge is 0.439 e. The van der Waals surface area contributed by atoms with Crippen LogP contribution in [0.5, 0.6) is 11.6 Å². The van der Waals surface area contributed by atoms with Gasteiger partial charge in [0.2, 0.25) is 11.8 Å². The summed E-state index contributed by atoms with van der Waals surface area (Å²) in [6.45, 7) is 2.00. The Morgan fingerprint density at radius 1 is 1.16 bits per heavy atom. The van der Waals surface area contributed by atoms with Crippen LogP contribution in [0.4, 0.5) is 5.69 Å². The van der Waals surface area contributed by atoms with Crippen molar-refractivity contribution >= 4 is 23.2 Å². The number of amides is 2. The third kappa shape index (κ3) is 4.20. The van der Waals surface area contributed by atoms with Crippen LogP contribution in [-0.4, -0.2) is 34.6 Å². The van der Waals surface area contributed by atoms with Crippen LogP contribution < -0.4 is 10.1 Å². The van der Waals surface area contributed by atoms with Crippen molar-refractivity contribution in [3.05, 3.63) is 48.2 Å². The lowest BCUT2D eigenvalue weighted by Crippen LogP contribution is -2.34. The lowest BCUT2D eigenvalue weighted by Gasteiger charge is -2.18. The zero-order chi connectivity index (χ0) is 17.8.